The van der Waals surface area contributed by atoms with Gasteiger partial charge in [-0.05, 0) is 31.5 Å². The van der Waals surface area contributed by atoms with Crippen LogP contribution in [0.5, 0.6) is 11.5 Å². The molecule has 1 N–H and O–H groups in total. The maximum absolute atomic E-state index is 5.58. The van der Waals surface area contributed by atoms with Gasteiger partial charge in [0.1, 0.15) is 19.0 Å². The maximum Gasteiger partial charge on any atom is 0.161 e. The summed E-state index contributed by atoms with van der Waals surface area (Å²) < 4.78 is 16.2. The minimum Gasteiger partial charge on any atom is -0.486 e. The Kier molecular flexibility index (Phi) is 3.60. The number of hydrogen-bond donors (Lipinski definition) is 1. The molecule has 5 nitrogen and oxygen atoms in total. The summed E-state index contributed by atoms with van der Waals surface area (Å²) >= 11 is 0. The average Bonchev–Trinajstić information content (AvgIpc) is 2.79. The third kappa shape index (κ3) is 2.63. The molecule has 0 radical (unpaired) electrons. The molecule has 1 aliphatic rings. The van der Waals surface area contributed by atoms with Gasteiger partial charge in [-0.15, -0.1) is 0 Å². The zero-order valence-electron chi connectivity index (χ0n) is 11.7. The molecule has 0 saturated carbocycles. The van der Waals surface area contributed by atoms with E-state index >= 15 is 0 Å². The third-order valence-electron chi connectivity index (χ3n) is 3.42. The molecule has 0 bridgehead atoms. The predicted octanol–water partition coefficient (Wildman–Crippen LogP) is 2.35. The van der Waals surface area contributed by atoms with Crippen molar-refractivity contribution in [1.29, 1.82) is 0 Å². The molecule has 2 heterocycles. The fraction of sp³-hybridized carbons (Fsp3) is 0.400. The molecule has 1 aromatic heterocycles. The highest BCUT2D eigenvalue weighted by molar-refractivity contribution is 5.43. The third-order valence-corrected chi connectivity index (χ3v) is 3.42. The van der Waals surface area contributed by atoms with Crippen LogP contribution in [0.25, 0.3) is 0 Å². The molecule has 0 aliphatic carbocycles. The number of benzene rings is 1. The van der Waals surface area contributed by atoms with Crippen molar-refractivity contribution in [3.8, 4) is 11.5 Å². The molecule has 0 unspecified atom stereocenters. The molecular formula is C15H18N2O3. The van der Waals surface area contributed by atoms with Crippen LogP contribution in [0.2, 0.25) is 0 Å². The second-order valence-electron chi connectivity index (χ2n) is 4.88. The standard InChI is InChI=1S/C15H18N2O3/c1-10-13(11(2)20-17-10)9-16-8-12-3-4-14-15(7-12)19-6-5-18-14/h3-4,7,16H,5-6,8-9H2,1-2H3. The van der Waals surface area contributed by atoms with Crippen LogP contribution in [-0.4, -0.2) is 18.4 Å². The Balaban J connectivity index is 1.61. The lowest BCUT2D eigenvalue weighted by molar-refractivity contribution is 0.171. The van der Waals surface area contributed by atoms with E-state index < -0.39 is 0 Å². The van der Waals surface area contributed by atoms with Gasteiger partial charge in [-0.3, -0.25) is 0 Å². The Labute approximate surface area is 117 Å². The number of aromatic nitrogens is 1. The fourth-order valence-corrected chi connectivity index (χ4v) is 2.28. The maximum atomic E-state index is 5.58. The molecule has 0 spiro atoms. The first-order valence-electron chi connectivity index (χ1n) is 6.75. The zero-order valence-corrected chi connectivity index (χ0v) is 11.7. The fourth-order valence-electron chi connectivity index (χ4n) is 2.28. The molecule has 20 heavy (non-hydrogen) atoms. The summed E-state index contributed by atoms with van der Waals surface area (Å²) in [7, 11) is 0. The molecule has 1 aliphatic heterocycles. The number of hydrogen-bond acceptors (Lipinski definition) is 5. The van der Waals surface area contributed by atoms with Crippen LogP contribution in [0, 0.1) is 13.8 Å². The summed E-state index contributed by atoms with van der Waals surface area (Å²) in [6, 6.07) is 6.03. The van der Waals surface area contributed by atoms with E-state index in [2.05, 4.69) is 10.5 Å². The molecule has 106 valence electrons. The molecular weight excluding hydrogens is 256 g/mol. The van der Waals surface area contributed by atoms with E-state index in [1.165, 1.54) is 5.56 Å². The van der Waals surface area contributed by atoms with E-state index in [9.17, 15) is 0 Å². The lowest BCUT2D eigenvalue weighted by Crippen LogP contribution is -2.17. The minimum absolute atomic E-state index is 0.614. The summed E-state index contributed by atoms with van der Waals surface area (Å²) in [5.74, 6) is 2.52. The lowest BCUT2D eigenvalue weighted by atomic mass is 10.1. The second kappa shape index (κ2) is 5.54. The van der Waals surface area contributed by atoms with Crippen molar-refractivity contribution in [3.63, 3.8) is 0 Å². The van der Waals surface area contributed by atoms with E-state index in [0.29, 0.717) is 13.2 Å². The SMILES string of the molecule is Cc1noc(C)c1CNCc1ccc2c(c1)OCCO2. The van der Waals surface area contributed by atoms with Gasteiger partial charge in [-0.25, -0.2) is 0 Å². The Bertz CT molecular complexity index is 588. The lowest BCUT2D eigenvalue weighted by Gasteiger charge is -2.19. The number of rotatable bonds is 4. The highest BCUT2D eigenvalue weighted by atomic mass is 16.6. The van der Waals surface area contributed by atoms with Gasteiger partial charge in [-0.1, -0.05) is 11.2 Å². The van der Waals surface area contributed by atoms with Crippen LogP contribution in [-0.2, 0) is 13.1 Å². The molecule has 0 fully saturated rings. The molecule has 2 aromatic rings. The minimum atomic E-state index is 0.614. The first-order chi connectivity index (χ1) is 9.74. The van der Waals surface area contributed by atoms with Crippen molar-refractivity contribution in [3.05, 3.63) is 40.8 Å². The number of ether oxygens (including phenoxy) is 2. The van der Waals surface area contributed by atoms with Crippen LogP contribution in [0.3, 0.4) is 0 Å². The smallest absolute Gasteiger partial charge is 0.161 e. The summed E-state index contributed by atoms with van der Waals surface area (Å²) in [5, 5.41) is 7.34. The van der Waals surface area contributed by atoms with Crippen LogP contribution in [0.15, 0.2) is 22.7 Å². The van der Waals surface area contributed by atoms with Gasteiger partial charge in [0.15, 0.2) is 11.5 Å². The highest BCUT2D eigenvalue weighted by Crippen LogP contribution is 2.30. The van der Waals surface area contributed by atoms with E-state index in [1.807, 2.05) is 32.0 Å². The first-order valence-corrected chi connectivity index (χ1v) is 6.75. The van der Waals surface area contributed by atoms with E-state index in [1.54, 1.807) is 0 Å². The Morgan fingerprint density at radius 3 is 2.65 bits per heavy atom. The molecule has 0 amide bonds. The number of aryl methyl sites for hydroxylation is 2. The molecule has 1 aromatic carbocycles. The van der Waals surface area contributed by atoms with Gasteiger partial charge in [0, 0.05) is 18.7 Å². The summed E-state index contributed by atoms with van der Waals surface area (Å²) in [6.45, 7) is 6.63. The zero-order chi connectivity index (χ0) is 13.9. The van der Waals surface area contributed by atoms with Crippen molar-refractivity contribution >= 4 is 0 Å². The van der Waals surface area contributed by atoms with Gasteiger partial charge in [0.2, 0.25) is 0 Å². The molecule has 0 saturated heterocycles. The predicted molar refractivity (Wildman–Crippen MR) is 74.0 cm³/mol. The van der Waals surface area contributed by atoms with Crippen LogP contribution in [0.1, 0.15) is 22.6 Å². The van der Waals surface area contributed by atoms with Crippen LogP contribution < -0.4 is 14.8 Å². The largest absolute Gasteiger partial charge is 0.486 e. The highest BCUT2D eigenvalue weighted by Gasteiger charge is 2.12. The van der Waals surface area contributed by atoms with Crippen molar-refractivity contribution in [1.82, 2.24) is 10.5 Å². The van der Waals surface area contributed by atoms with E-state index in [-0.39, 0.29) is 0 Å². The quantitative estimate of drug-likeness (QED) is 0.927. The molecule has 3 rings (SSSR count). The first kappa shape index (κ1) is 13.0. The normalized spacial score (nSPS) is 13.5. The molecule has 0 atom stereocenters. The topological polar surface area (TPSA) is 56.5 Å². The number of nitrogens with one attached hydrogen (secondary N) is 1. The Morgan fingerprint density at radius 1 is 1.10 bits per heavy atom. The van der Waals surface area contributed by atoms with Crippen molar-refractivity contribution in [2.75, 3.05) is 13.2 Å². The number of fused-ring (bicyclic) bond motifs is 1. The monoisotopic (exact) mass is 274 g/mol. The van der Waals surface area contributed by atoms with Gasteiger partial charge in [0.25, 0.3) is 0 Å². The van der Waals surface area contributed by atoms with E-state index in [0.717, 1.165) is 41.6 Å². The Morgan fingerprint density at radius 2 is 1.90 bits per heavy atom. The van der Waals surface area contributed by atoms with Gasteiger partial charge in [-0.2, -0.15) is 0 Å². The molecule has 5 heteroatoms. The average molecular weight is 274 g/mol. The van der Waals surface area contributed by atoms with Crippen LogP contribution in [0.4, 0.5) is 0 Å². The second-order valence-corrected chi connectivity index (χ2v) is 4.88. The summed E-state index contributed by atoms with van der Waals surface area (Å²) in [6.07, 6.45) is 0. The summed E-state index contributed by atoms with van der Waals surface area (Å²) in [5.41, 5.74) is 3.24. The van der Waals surface area contributed by atoms with Crippen molar-refractivity contribution in [2.45, 2.75) is 26.9 Å². The van der Waals surface area contributed by atoms with Crippen LogP contribution >= 0.6 is 0 Å². The van der Waals surface area contributed by atoms with Crippen molar-refractivity contribution < 1.29 is 14.0 Å². The summed E-state index contributed by atoms with van der Waals surface area (Å²) in [4.78, 5) is 0. The number of nitrogens with zero attached hydrogens (tertiary/aromatic N) is 1. The van der Waals surface area contributed by atoms with Gasteiger partial charge >= 0.3 is 0 Å². The van der Waals surface area contributed by atoms with Gasteiger partial charge in [0.05, 0.1) is 5.69 Å². The van der Waals surface area contributed by atoms with Gasteiger partial charge < -0.3 is 19.3 Å². The van der Waals surface area contributed by atoms with Crippen molar-refractivity contribution in [2.24, 2.45) is 0 Å². The van der Waals surface area contributed by atoms with E-state index in [4.69, 9.17) is 14.0 Å². The Hall–Kier alpha value is -2.01.